The van der Waals surface area contributed by atoms with Crippen molar-refractivity contribution in [3.8, 4) is 5.75 Å². The van der Waals surface area contributed by atoms with Crippen molar-refractivity contribution in [2.24, 2.45) is 0 Å². The minimum absolute atomic E-state index is 0.0592. The molecule has 0 fully saturated rings. The number of carbonyl (C=O) groups is 2. The number of aryl methyl sites for hydroxylation is 1. The summed E-state index contributed by atoms with van der Waals surface area (Å²) in [6.45, 7) is 1.63. The van der Waals surface area contributed by atoms with E-state index in [2.05, 4.69) is 15.8 Å². The van der Waals surface area contributed by atoms with E-state index in [1.54, 1.807) is 13.0 Å². The number of ether oxygens (including phenoxy) is 1. The number of nitrogen functional groups attached to an aromatic ring is 1. The van der Waals surface area contributed by atoms with E-state index in [1.165, 1.54) is 12.1 Å². The fraction of sp³-hybridized carbons (Fsp3) is 0.154. The maximum absolute atomic E-state index is 12.0. The number of anilines is 3. The van der Waals surface area contributed by atoms with Gasteiger partial charge >= 0.3 is 0 Å². The lowest BCUT2D eigenvalue weighted by atomic mass is 10.2. The van der Waals surface area contributed by atoms with Crippen LogP contribution in [0.5, 0.6) is 5.75 Å². The first-order valence-corrected chi connectivity index (χ1v) is 6.14. The zero-order chi connectivity index (χ0) is 15.0. The third-order valence-corrected chi connectivity index (χ3v) is 2.89. The molecule has 0 spiro atoms. The van der Waals surface area contributed by atoms with Crippen molar-refractivity contribution >= 4 is 28.9 Å². The molecule has 2 heterocycles. The Hall–Kier alpha value is -3.03. The number of carbonyl (C=O) groups excluding carboxylic acids is 2. The molecule has 0 atom stereocenters. The summed E-state index contributed by atoms with van der Waals surface area (Å²) in [4.78, 5) is 23.3. The quantitative estimate of drug-likeness (QED) is 0.713. The summed E-state index contributed by atoms with van der Waals surface area (Å²) in [7, 11) is 0. The smallest absolute Gasteiger partial charge is 0.277 e. The maximum Gasteiger partial charge on any atom is 0.277 e. The summed E-state index contributed by atoms with van der Waals surface area (Å²) in [5.41, 5.74) is 7.12. The lowest BCUT2D eigenvalue weighted by Gasteiger charge is -2.19. The molecule has 2 aromatic rings. The molecule has 1 aromatic carbocycles. The van der Waals surface area contributed by atoms with E-state index in [9.17, 15) is 9.59 Å². The van der Waals surface area contributed by atoms with Crippen LogP contribution in [0.3, 0.4) is 0 Å². The van der Waals surface area contributed by atoms with Gasteiger partial charge in [-0.15, -0.1) is 0 Å². The number of benzene rings is 1. The van der Waals surface area contributed by atoms with E-state index in [1.807, 2.05) is 0 Å². The van der Waals surface area contributed by atoms with Crippen LogP contribution in [0.1, 0.15) is 16.2 Å². The molecule has 0 aliphatic carbocycles. The number of nitrogens with two attached hydrogens (primary N) is 1. The number of rotatable bonds is 2. The van der Waals surface area contributed by atoms with Crippen molar-refractivity contribution in [2.45, 2.75) is 6.92 Å². The molecular weight excluding hydrogens is 276 g/mol. The van der Waals surface area contributed by atoms with Gasteiger partial charge < -0.3 is 25.6 Å². The SMILES string of the molecule is Cc1cc(C(=O)Nc2cc3c(cc2N)OCC(=O)N3)no1. The summed E-state index contributed by atoms with van der Waals surface area (Å²) < 4.78 is 10.1. The van der Waals surface area contributed by atoms with Gasteiger partial charge in [-0.2, -0.15) is 0 Å². The fourth-order valence-electron chi connectivity index (χ4n) is 1.91. The van der Waals surface area contributed by atoms with Gasteiger partial charge in [-0.3, -0.25) is 9.59 Å². The van der Waals surface area contributed by atoms with E-state index in [4.69, 9.17) is 15.0 Å². The van der Waals surface area contributed by atoms with Crippen LogP contribution in [-0.2, 0) is 4.79 Å². The van der Waals surface area contributed by atoms with Crippen molar-refractivity contribution in [3.63, 3.8) is 0 Å². The first kappa shape index (κ1) is 13.0. The molecule has 1 aliphatic rings. The molecule has 0 unspecified atom stereocenters. The molecule has 0 radical (unpaired) electrons. The predicted octanol–water partition coefficient (Wildman–Crippen LogP) is 1.15. The lowest BCUT2D eigenvalue weighted by Crippen LogP contribution is -2.25. The molecule has 0 saturated carbocycles. The van der Waals surface area contributed by atoms with Crippen LogP contribution >= 0.6 is 0 Å². The number of nitrogens with one attached hydrogen (secondary N) is 2. The normalized spacial score (nSPS) is 13.1. The van der Waals surface area contributed by atoms with Gasteiger partial charge in [0.15, 0.2) is 12.3 Å². The van der Waals surface area contributed by atoms with Gasteiger partial charge in [0.1, 0.15) is 11.5 Å². The third-order valence-electron chi connectivity index (χ3n) is 2.89. The van der Waals surface area contributed by atoms with E-state index in [0.717, 1.165) is 0 Å². The van der Waals surface area contributed by atoms with E-state index in [-0.39, 0.29) is 18.2 Å². The van der Waals surface area contributed by atoms with Crippen LogP contribution in [0.15, 0.2) is 22.7 Å². The number of nitrogens with zero attached hydrogens (tertiary/aromatic N) is 1. The second-order valence-electron chi connectivity index (χ2n) is 4.55. The van der Waals surface area contributed by atoms with Gasteiger partial charge in [-0.25, -0.2) is 0 Å². The largest absolute Gasteiger partial charge is 0.482 e. The Morgan fingerprint density at radius 2 is 2.24 bits per heavy atom. The Bertz CT molecular complexity index is 738. The van der Waals surface area contributed by atoms with Gasteiger partial charge in [-0.1, -0.05) is 5.16 Å². The van der Waals surface area contributed by atoms with E-state index >= 15 is 0 Å². The molecule has 1 aromatic heterocycles. The zero-order valence-corrected chi connectivity index (χ0v) is 11.1. The van der Waals surface area contributed by atoms with Crippen LogP contribution < -0.4 is 21.1 Å². The molecule has 8 heteroatoms. The fourth-order valence-corrected chi connectivity index (χ4v) is 1.91. The van der Waals surface area contributed by atoms with Crippen molar-refractivity contribution < 1.29 is 18.8 Å². The van der Waals surface area contributed by atoms with Crippen LogP contribution in [0, 0.1) is 6.92 Å². The molecule has 0 bridgehead atoms. The van der Waals surface area contributed by atoms with E-state index in [0.29, 0.717) is 28.6 Å². The van der Waals surface area contributed by atoms with E-state index < -0.39 is 5.91 Å². The first-order valence-electron chi connectivity index (χ1n) is 6.14. The summed E-state index contributed by atoms with van der Waals surface area (Å²) in [5.74, 6) is 0.264. The highest BCUT2D eigenvalue weighted by atomic mass is 16.5. The Labute approximate surface area is 119 Å². The minimum atomic E-state index is -0.457. The Morgan fingerprint density at radius 3 is 2.95 bits per heavy atom. The standard InChI is InChI=1S/C13H12N4O4/c1-6-2-10(17-21-6)13(19)16-8-4-9-11(3-7(8)14)20-5-12(18)15-9/h2-4H,5,14H2,1H3,(H,15,18)(H,16,19). The van der Waals surface area contributed by atoms with Crippen molar-refractivity contribution in [2.75, 3.05) is 23.0 Å². The third kappa shape index (κ3) is 2.50. The molecule has 1 aliphatic heterocycles. The summed E-state index contributed by atoms with van der Waals surface area (Å²) >= 11 is 0. The summed E-state index contributed by atoms with van der Waals surface area (Å²) in [5, 5.41) is 8.87. The number of hydrogen-bond acceptors (Lipinski definition) is 6. The number of aromatic nitrogens is 1. The Kier molecular flexibility index (Phi) is 2.98. The van der Waals surface area contributed by atoms with Gasteiger partial charge in [0.25, 0.3) is 11.8 Å². The van der Waals surface area contributed by atoms with Crippen molar-refractivity contribution in [1.29, 1.82) is 0 Å². The topological polar surface area (TPSA) is 119 Å². The monoisotopic (exact) mass is 288 g/mol. The zero-order valence-electron chi connectivity index (χ0n) is 11.1. The van der Waals surface area contributed by atoms with Crippen LogP contribution in [0.4, 0.5) is 17.1 Å². The highest BCUT2D eigenvalue weighted by molar-refractivity contribution is 6.06. The Morgan fingerprint density at radius 1 is 1.43 bits per heavy atom. The van der Waals surface area contributed by atoms with Gasteiger partial charge in [0.2, 0.25) is 0 Å². The number of amides is 2. The number of fused-ring (bicyclic) bond motifs is 1. The van der Waals surface area contributed by atoms with Crippen LogP contribution in [0.25, 0.3) is 0 Å². The molecule has 0 saturated heterocycles. The van der Waals surface area contributed by atoms with Crippen LogP contribution in [0.2, 0.25) is 0 Å². The molecule has 108 valence electrons. The highest BCUT2D eigenvalue weighted by Crippen LogP contribution is 2.35. The first-order chi connectivity index (χ1) is 10.0. The average Bonchev–Trinajstić information content (AvgIpc) is 2.87. The van der Waals surface area contributed by atoms with Crippen molar-refractivity contribution in [3.05, 3.63) is 29.7 Å². The molecule has 3 rings (SSSR count). The molecule has 8 nitrogen and oxygen atoms in total. The molecular formula is C13H12N4O4. The highest BCUT2D eigenvalue weighted by Gasteiger charge is 2.19. The van der Waals surface area contributed by atoms with Gasteiger partial charge in [0, 0.05) is 12.1 Å². The van der Waals surface area contributed by atoms with Gasteiger partial charge in [0.05, 0.1) is 17.1 Å². The number of hydrogen-bond donors (Lipinski definition) is 3. The summed E-state index contributed by atoms with van der Waals surface area (Å²) in [6.07, 6.45) is 0. The average molecular weight is 288 g/mol. The van der Waals surface area contributed by atoms with Crippen LogP contribution in [-0.4, -0.2) is 23.6 Å². The second kappa shape index (κ2) is 4.82. The Balaban J connectivity index is 1.87. The maximum atomic E-state index is 12.0. The second-order valence-corrected chi connectivity index (χ2v) is 4.55. The minimum Gasteiger partial charge on any atom is -0.482 e. The lowest BCUT2D eigenvalue weighted by molar-refractivity contribution is -0.118. The molecule has 2 amide bonds. The predicted molar refractivity (Wildman–Crippen MR) is 74.2 cm³/mol. The van der Waals surface area contributed by atoms with Gasteiger partial charge in [-0.05, 0) is 13.0 Å². The summed E-state index contributed by atoms with van der Waals surface area (Å²) in [6, 6.07) is 4.58. The van der Waals surface area contributed by atoms with Crippen molar-refractivity contribution in [1.82, 2.24) is 5.16 Å². The molecule has 4 N–H and O–H groups in total. The molecule has 21 heavy (non-hydrogen) atoms.